The Morgan fingerprint density at radius 1 is 1.71 bits per heavy atom. The van der Waals surface area contributed by atoms with Crippen LogP contribution in [-0.4, -0.2) is 43.7 Å². The van der Waals surface area contributed by atoms with Crippen molar-refractivity contribution in [2.24, 2.45) is 11.7 Å². The lowest BCUT2D eigenvalue weighted by atomic mass is 10.1. The van der Waals surface area contributed by atoms with Crippen LogP contribution < -0.4 is 5.73 Å². The first-order valence-electron chi connectivity index (χ1n) is 5.22. The maximum absolute atomic E-state index is 11.7. The first-order chi connectivity index (χ1) is 6.69. The van der Waals surface area contributed by atoms with E-state index >= 15 is 0 Å². The molecule has 1 saturated heterocycles. The Balaban J connectivity index is 2.38. The highest BCUT2D eigenvalue weighted by Crippen LogP contribution is 2.19. The molecular weight excluding hydrogens is 180 g/mol. The van der Waals surface area contributed by atoms with Crippen molar-refractivity contribution in [3.05, 3.63) is 0 Å². The molecule has 1 aliphatic heterocycles. The molecule has 14 heavy (non-hydrogen) atoms. The first-order valence-corrected chi connectivity index (χ1v) is 5.22. The third-order valence-electron chi connectivity index (χ3n) is 2.84. The average Bonchev–Trinajstić information content (AvgIpc) is 2.65. The van der Waals surface area contributed by atoms with Crippen molar-refractivity contribution in [3.63, 3.8) is 0 Å². The summed E-state index contributed by atoms with van der Waals surface area (Å²) in [4.78, 5) is 13.6. The van der Waals surface area contributed by atoms with Crippen LogP contribution >= 0.6 is 0 Å². The lowest BCUT2D eigenvalue weighted by Gasteiger charge is -2.20. The van der Waals surface area contributed by atoms with Gasteiger partial charge in [-0.2, -0.15) is 0 Å². The Labute approximate surface area is 85.4 Å². The fourth-order valence-corrected chi connectivity index (χ4v) is 1.85. The van der Waals surface area contributed by atoms with E-state index in [1.165, 1.54) is 0 Å². The molecule has 2 unspecified atom stereocenters. The van der Waals surface area contributed by atoms with Gasteiger partial charge in [-0.05, 0) is 12.3 Å². The molecule has 0 aromatic rings. The monoisotopic (exact) mass is 200 g/mol. The van der Waals surface area contributed by atoms with E-state index < -0.39 is 6.04 Å². The van der Waals surface area contributed by atoms with Gasteiger partial charge in [0.2, 0.25) is 5.91 Å². The molecular formula is C10H20N2O2. The van der Waals surface area contributed by atoms with Crippen LogP contribution in [0, 0.1) is 5.92 Å². The number of amides is 1. The summed E-state index contributed by atoms with van der Waals surface area (Å²) in [6.45, 7) is 4.20. The molecule has 0 aromatic carbocycles. The van der Waals surface area contributed by atoms with E-state index in [0.717, 1.165) is 25.9 Å². The van der Waals surface area contributed by atoms with Crippen LogP contribution in [0.4, 0.5) is 0 Å². The van der Waals surface area contributed by atoms with E-state index in [1.54, 1.807) is 7.11 Å². The van der Waals surface area contributed by atoms with Gasteiger partial charge in [0, 0.05) is 20.2 Å². The van der Waals surface area contributed by atoms with Crippen molar-refractivity contribution in [3.8, 4) is 0 Å². The number of ether oxygens (including phenoxy) is 1. The van der Waals surface area contributed by atoms with Gasteiger partial charge in [-0.1, -0.05) is 13.3 Å². The first kappa shape index (κ1) is 11.5. The second kappa shape index (κ2) is 5.32. The summed E-state index contributed by atoms with van der Waals surface area (Å²) in [6.07, 6.45) is 2.26. The van der Waals surface area contributed by atoms with Gasteiger partial charge in [-0.25, -0.2) is 0 Å². The van der Waals surface area contributed by atoms with Gasteiger partial charge in [0.05, 0.1) is 6.61 Å². The molecule has 1 amide bonds. The predicted octanol–water partition coefficient (Wildman–Crippen LogP) is 0.219. The lowest BCUT2D eigenvalue weighted by molar-refractivity contribution is -0.132. The fourth-order valence-electron chi connectivity index (χ4n) is 1.85. The number of nitrogens with zero attached hydrogens (tertiary/aromatic N) is 1. The van der Waals surface area contributed by atoms with Gasteiger partial charge >= 0.3 is 0 Å². The number of methoxy groups -OCH3 is 1. The second-order valence-electron chi connectivity index (χ2n) is 3.91. The highest BCUT2D eigenvalue weighted by Gasteiger charge is 2.28. The van der Waals surface area contributed by atoms with Gasteiger partial charge in [0.1, 0.15) is 6.04 Å². The van der Waals surface area contributed by atoms with E-state index in [2.05, 4.69) is 6.92 Å². The molecule has 1 rings (SSSR count). The van der Waals surface area contributed by atoms with E-state index in [1.807, 2.05) is 4.90 Å². The van der Waals surface area contributed by atoms with Crippen molar-refractivity contribution < 1.29 is 9.53 Å². The molecule has 0 aromatic heterocycles. The Hall–Kier alpha value is -0.610. The molecule has 0 spiro atoms. The summed E-state index contributed by atoms with van der Waals surface area (Å²) in [7, 11) is 1.56. The van der Waals surface area contributed by atoms with Crippen LogP contribution in [0.5, 0.6) is 0 Å². The largest absolute Gasteiger partial charge is 0.383 e. The van der Waals surface area contributed by atoms with E-state index in [-0.39, 0.29) is 5.91 Å². The quantitative estimate of drug-likeness (QED) is 0.706. The summed E-state index contributed by atoms with van der Waals surface area (Å²) in [5, 5.41) is 0. The van der Waals surface area contributed by atoms with Crippen LogP contribution in [0.2, 0.25) is 0 Å². The third-order valence-corrected chi connectivity index (χ3v) is 2.84. The van der Waals surface area contributed by atoms with E-state index in [4.69, 9.17) is 10.5 Å². The summed E-state index contributed by atoms with van der Waals surface area (Å²) in [5.74, 6) is 0.691. The number of nitrogens with two attached hydrogens (primary N) is 1. The molecule has 4 nitrogen and oxygen atoms in total. The molecule has 1 heterocycles. The summed E-state index contributed by atoms with van der Waals surface area (Å²) in [5.41, 5.74) is 5.68. The van der Waals surface area contributed by atoms with Gasteiger partial charge in [0.25, 0.3) is 0 Å². The van der Waals surface area contributed by atoms with Crippen molar-refractivity contribution >= 4 is 5.91 Å². The summed E-state index contributed by atoms with van der Waals surface area (Å²) < 4.78 is 4.86. The Bertz CT molecular complexity index is 197. The number of likely N-dealkylation sites (tertiary alicyclic amines) is 1. The van der Waals surface area contributed by atoms with E-state index in [0.29, 0.717) is 12.5 Å². The van der Waals surface area contributed by atoms with Crippen molar-refractivity contribution in [2.75, 3.05) is 26.8 Å². The van der Waals surface area contributed by atoms with Crippen LogP contribution in [0.1, 0.15) is 19.8 Å². The number of carbonyl (C=O) groups excluding carboxylic acids is 1. The molecule has 1 aliphatic rings. The summed E-state index contributed by atoms with van der Waals surface area (Å²) >= 11 is 0. The molecule has 2 N–H and O–H groups in total. The van der Waals surface area contributed by atoms with Crippen LogP contribution in [0.15, 0.2) is 0 Å². The maximum atomic E-state index is 11.7. The number of carbonyl (C=O) groups is 1. The van der Waals surface area contributed by atoms with Gasteiger partial charge < -0.3 is 15.4 Å². The van der Waals surface area contributed by atoms with Gasteiger partial charge in [-0.15, -0.1) is 0 Å². The number of hydrogen-bond acceptors (Lipinski definition) is 3. The second-order valence-corrected chi connectivity index (χ2v) is 3.91. The van der Waals surface area contributed by atoms with E-state index in [9.17, 15) is 4.79 Å². The fraction of sp³-hybridized carbons (Fsp3) is 0.900. The average molecular weight is 200 g/mol. The zero-order valence-corrected chi connectivity index (χ0v) is 9.03. The van der Waals surface area contributed by atoms with Crippen LogP contribution in [-0.2, 0) is 9.53 Å². The molecule has 0 aliphatic carbocycles. The molecule has 0 bridgehead atoms. The molecule has 1 fully saturated rings. The van der Waals surface area contributed by atoms with Crippen LogP contribution in [0.3, 0.4) is 0 Å². The standard InChI is InChI=1S/C10H20N2O2/c1-3-8-4-5-12(6-8)10(13)9(11)7-14-2/h8-9H,3-7,11H2,1-2H3. The normalized spacial score (nSPS) is 23.9. The SMILES string of the molecule is CCC1CCN(C(=O)C(N)COC)C1. The lowest BCUT2D eigenvalue weighted by Crippen LogP contribution is -2.45. The highest BCUT2D eigenvalue weighted by molar-refractivity contribution is 5.82. The maximum Gasteiger partial charge on any atom is 0.241 e. The minimum atomic E-state index is -0.490. The number of hydrogen-bond donors (Lipinski definition) is 1. The van der Waals surface area contributed by atoms with Gasteiger partial charge in [-0.3, -0.25) is 4.79 Å². The minimum Gasteiger partial charge on any atom is -0.383 e. The Kier molecular flexibility index (Phi) is 4.35. The third kappa shape index (κ3) is 2.69. The van der Waals surface area contributed by atoms with Crippen molar-refractivity contribution in [1.29, 1.82) is 0 Å². The van der Waals surface area contributed by atoms with Gasteiger partial charge in [0.15, 0.2) is 0 Å². The molecule has 2 atom stereocenters. The number of rotatable bonds is 4. The topological polar surface area (TPSA) is 55.6 Å². The molecule has 0 saturated carbocycles. The minimum absolute atomic E-state index is 0.0304. The Morgan fingerprint density at radius 3 is 2.93 bits per heavy atom. The summed E-state index contributed by atoms with van der Waals surface area (Å²) in [6, 6.07) is -0.490. The molecule has 82 valence electrons. The predicted molar refractivity (Wildman–Crippen MR) is 54.8 cm³/mol. The zero-order chi connectivity index (χ0) is 10.6. The molecule has 4 heteroatoms. The highest BCUT2D eigenvalue weighted by atomic mass is 16.5. The molecule has 0 radical (unpaired) electrons. The zero-order valence-electron chi connectivity index (χ0n) is 9.03. The van der Waals surface area contributed by atoms with Crippen molar-refractivity contribution in [1.82, 2.24) is 4.90 Å². The van der Waals surface area contributed by atoms with Crippen molar-refractivity contribution in [2.45, 2.75) is 25.8 Å². The smallest absolute Gasteiger partial charge is 0.241 e. The Morgan fingerprint density at radius 2 is 2.43 bits per heavy atom. The van der Waals surface area contributed by atoms with Crippen LogP contribution in [0.25, 0.3) is 0 Å².